The first kappa shape index (κ1) is 17.8. The minimum atomic E-state index is -4.14. The molecule has 126 valence electrons. The molecule has 0 saturated carbocycles. The molecule has 1 aromatic carbocycles. The molecule has 1 N–H and O–H groups in total. The van der Waals surface area contributed by atoms with Gasteiger partial charge in [0.2, 0.25) is 0 Å². The number of Topliss-reactive ketones (excluding diaryl/α,β-unsaturated/α-hetero) is 1. The summed E-state index contributed by atoms with van der Waals surface area (Å²) < 4.78 is 24.9. The Hall–Kier alpha value is -2.50. The Kier molecular flexibility index (Phi) is 5.49. The molecule has 0 amide bonds. The van der Waals surface area contributed by atoms with E-state index in [4.69, 9.17) is 5.53 Å². The van der Waals surface area contributed by atoms with Gasteiger partial charge in [-0.05, 0) is 30.7 Å². The first-order valence-corrected chi connectivity index (χ1v) is 9.11. The predicted octanol–water partition coefficient (Wildman–Crippen LogP) is 2.74. The van der Waals surface area contributed by atoms with Crippen LogP contribution in [0, 0.1) is 0 Å². The predicted molar refractivity (Wildman–Crippen MR) is 90.5 cm³/mol. The Morgan fingerprint density at radius 3 is 2.42 bits per heavy atom. The summed E-state index contributed by atoms with van der Waals surface area (Å²) in [7, 11) is -4.14. The number of hydrogen-bond acceptors (Lipinski definition) is 3. The van der Waals surface area contributed by atoms with Crippen molar-refractivity contribution >= 4 is 20.7 Å². The Labute approximate surface area is 141 Å². The van der Waals surface area contributed by atoms with E-state index in [2.05, 4.69) is 9.77 Å². The molecule has 0 aliphatic carbocycles. The van der Waals surface area contributed by atoms with Crippen molar-refractivity contribution in [1.82, 2.24) is 4.98 Å². The molecule has 0 bridgehead atoms. The molecule has 7 heteroatoms. The minimum Gasteiger partial charge on any atom is -0.362 e. The van der Waals surface area contributed by atoms with E-state index in [0.717, 1.165) is 17.8 Å². The number of carbonyl (C=O) groups excluding carboxylic acids is 1. The summed E-state index contributed by atoms with van der Waals surface area (Å²) in [6, 6.07) is 11.3. The van der Waals surface area contributed by atoms with Crippen LogP contribution in [-0.4, -0.2) is 29.0 Å². The first-order chi connectivity index (χ1) is 11.4. The summed E-state index contributed by atoms with van der Waals surface area (Å²) in [6.45, 7) is 3.82. The molecule has 24 heavy (non-hydrogen) atoms. The van der Waals surface area contributed by atoms with Crippen LogP contribution in [-0.2, 0) is 21.1 Å². The maximum absolute atomic E-state index is 12.5. The maximum atomic E-state index is 12.5. The van der Waals surface area contributed by atoms with Crippen molar-refractivity contribution in [2.24, 2.45) is 0 Å². The molecule has 1 atom stereocenters. The van der Waals surface area contributed by atoms with E-state index in [9.17, 15) is 13.2 Å². The highest BCUT2D eigenvalue weighted by atomic mass is 32.2. The quantitative estimate of drug-likeness (QED) is 0.377. The van der Waals surface area contributed by atoms with Crippen molar-refractivity contribution in [3.8, 4) is 0 Å². The summed E-state index contributed by atoms with van der Waals surface area (Å²) in [6.07, 6.45) is 0.765. The molecule has 0 aliphatic rings. The highest BCUT2D eigenvalue weighted by Crippen LogP contribution is 2.21. The monoisotopic (exact) mass is 345 g/mol. The second-order valence-corrected chi connectivity index (χ2v) is 7.41. The van der Waals surface area contributed by atoms with Gasteiger partial charge in [0, 0.05) is 23.7 Å². The second-order valence-electron chi connectivity index (χ2n) is 5.54. The first-order valence-electron chi connectivity index (χ1n) is 7.63. The van der Waals surface area contributed by atoms with Crippen LogP contribution in [0.5, 0.6) is 0 Å². The normalized spacial score (nSPS) is 12.4. The van der Waals surface area contributed by atoms with Gasteiger partial charge in [-0.1, -0.05) is 32.0 Å². The number of aryl methyl sites for hydroxylation is 1. The van der Waals surface area contributed by atoms with Gasteiger partial charge in [-0.15, -0.1) is 4.79 Å². The second kappa shape index (κ2) is 7.38. The number of aromatic nitrogens is 1. The summed E-state index contributed by atoms with van der Waals surface area (Å²) >= 11 is 0. The topological polar surface area (TPSA) is 103 Å². The fourth-order valence-electron chi connectivity index (χ4n) is 2.40. The van der Waals surface area contributed by atoms with Crippen LogP contribution in [0.3, 0.4) is 0 Å². The fraction of sp³-hybridized carbons (Fsp3) is 0.294. The number of nitrogens with zero attached hydrogens (tertiary/aromatic N) is 2. The van der Waals surface area contributed by atoms with Crippen LogP contribution in [0.25, 0.3) is 5.53 Å². The minimum absolute atomic E-state index is 0.0743. The SMILES string of the molecule is CCc1ccc(C(C)CC(=O)C(=[N+]=[N-])S(=O)(=O)c2ccccc2)[nH]1. The average molecular weight is 345 g/mol. The van der Waals surface area contributed by atoms with E-state index in [-0.39, 0.29) is 17.2 Å². The molecule has 0 aliphatic heterocycles. The summed E-state index contributed by atoms with van der Waals surface area (Å²) in [5.74, 6) is -0.943. The molecule has 2 rings (SSSR count). The highest BCUT2D eigenvalue weighted by Gasteiger charge is 2.37. The lowest BCUT2D eigenvalue weighted by Gasteiger charge is -2.07. The van der Waals surface area contributed by atoms with Gasteiger partial charge in [0.05, 0.1) is 4.90 Å². The van der Waals surface area contributed by atoms with Gasteiger partial charge in [-0.2, -0.15) is 0 Å². The van der Waals surface area contributed by atoms with Crippen LogP contribution >= 0.6 is 0 Å². The van der Waals surface area contributed by atoms with E-state index in [1.54, 1.807) is 18.2 Å². The number of ketones is 1. The Morgan fingerprint density at radius 2 is 1.88 bits per heavy atom. The van der Waals surface area contributed by atoms with Gasteiger partial charge in [0.1, 0.15) is 0 Å². The van der Waals surface area contributed by atoms with Gasteiger partial charge in [-0.25, -0.2) is 8.42 Å². The van der Waals surface area contributed by atoms with Crippen molar-refractivity contribution in [2.45, 2.75) is 37.5 Å². The molecule has 0 fully saturated rings. The third-order valence-corrected chi connectivity index (χ3v) is 5.52. The van der Waals surface area contributed by atoms with Gasteiger partial charge < -0.3 is 10.5 Å². The maximum Gasteiger partial charge on any atom is 0.451 e. The summed E-state index contributed by atoms with van der Waals surface area (Å²) in [5, 5.41) is -0.831. The average Bonchev–Trinajstić information content (AvgIpc) is 3.05. The third-order valence-electron chi connectivity index (χ3n) is 3.81. The standard InChI is InChI=1S/C17H19N3O3S/c1-3-13-9-10-15(19-13)12(2)11-16(21)17(20-18)24(22,23)14-7-5-4-6-8-14/h4-10,12,19H,3,11H2,1-2H3. The third kappa shape index (κ3) is 3.69. The van der Waals surface area contributed by atoms with Gasteiger partial charge in [-0.3, -0.25) is 4.79 Å². The van der Waals surface area contributed by atoms with Crippen LogP contribution in [0.4, 0.5) is 0 Å². The summed E-state index contributed by atoms with van der Waals surface area (Å²) in [4.78, 5) is 18.3. The molecular weight excluding hydrogens is 326 g/mol. The number of aromatic amines is 1. The number of H-pyrrole nitrogens is 1. The lowest BCUT2D eigenvalue weighted by molar-refractivity contribution is -0.116. The van der Waals surface area contributed by atoms with Gasteiger partial charge in [0.25, 0.3) is 15.6 Å². The number of hydrogen-bond donors (Lipinski definition) is 1. The smallest absolute Gasteiger partial charge is 0.362 e. The van der Waals surface area contributed by atoms with Crippen LogP contribution in [0.1, 0.15) is 37.6 Å². The number of nitrogens with one attached hydrogen (secondary N) is 1. The van der Waals surface area contributed by atoms with Crippen molar-refractivity contribution in [2.75, 3.05) is 0 Å². The lowest BCUT2D eigenvalue weighted by Crippen LogP contribution is -2.27. The summed E-state index contributed by atoms with van der Waals surface area (Å²) in [5.41, 5.74) is 11.0. The zero-order valence-corrected chi connectivity index (χ0v) is 14.4. The van der Waals surface area contributed by atoms with E-state index in [0.29, 0.717) is 0 Å². The molecule has 1 unspecified atom stereocenters. The Bertz CT molecular complexity index is 879. The van der Waals surface area contributed by atoms with Crippen molar-refractivity contribution < 1.29 is 18.0 Å². The lowest BCUT2D eigenvalue weighted by atomic mass is 10.0. The Morgan fingerprint density at radius 1 is 1.21 bits per heavy atom. The van der Waals surface area contributed by atoms with Crippen molar-refractivity contribution in [3.63, 3.8) is 0 Å². The molecule has 0 saturated heterocycles. The van der Waals surface area contributed by atoms with E-state index in [1.165, 1.54) is 12.1 Å². The zero-order chi connectivity index (χ0) is 17.7. The van der Waals surface area contributed by atoms with Gasteiger partial charge in [0.15, 0.2) is 0 Å². The molecule has 1 heterocycles. The van der Waals surface area contributed by atoms with Crippen molar-refractivity contribution in [3.05, 3.63) is 59.4 Å². The van der Waals surface area contributed by atoms with Crippen molar-refractivity contribution in [1.29, 1.82) is 0 Å². The molecule has 2 aromatic rings. The Balaban J connectivity index is 2.22. The molecule has 0 spiro atoms. The van der Waals surface area contributed by atoms with Crippen LogP contribution in [0.15, 0.2) is 47.4 Å². The molecular formula is C17H19N3O3S. The van der Waals surface area contributed by atoms with Crippen LogP contribution < -0.4 is 0 Å². The van der Waals surface area contributed by atoms with E-state index >= 15 is 0 Å². The van der Waals surface area contributed by atoms with Crippen LogP contribution in [0.2, 0.25) is 0 Å². The van der Waals surface area contributed by atoms with E-state index < -0.39 is 20.7 Å². The zero-order valence-electron chi connectivity index (χ0n) is 13.6. The number of sulfone groups is 1. The highest BCUT2D eigenvalue weighted by molar-refractivity contribution is 8.08. The van der Waals surface area contributed by atoms with Gasteiger partial charge >= 0.3 is 5.04 Å². The fourth-order valence-corrected chi connectivity index (χ4v) is 3.63. The molecule has 6 nitrogen and oxygen atoms in total. The number of carbonyl (C=O) groups is 1. The number of benzene rings is 1. The largest absolute Gasteiger partial charge is 0.451 e. The van der Waals surface area contributed by atoms with E-state index in [1.807, 2.05) is 26.0 Å². The molecule has 1 aromatic heterocycles. The molecule has 0 radical (unpaired) electrons. The number of rotatable bonds is 6.